The van der Waals surface area contributed by atoms with Crippen molar-refractivity contribution in [3.05, 3.63) is 95.3 Å². The van der Waals surface area contributed by atoms with Crippen LogP contribution >= 0.6 is 0 Å². The highest BCUT2D eigenvalue weighted by molar-refractivity contribution is 5.94. The van der Waals surface area contributed by atoms with Gasteiger partial charge in [0.25, 0.3) is 5.91 Å². The number of amides is 1. The molecule has 5 heteroatoms. The number of nitrogens with zero attached hydrogens (tertiary/aromatic N) is 2. The largest absolute Gasteiger partial charge is 0.493 e. The topological polar surface area (TPSA) is 56.2 Å². The Labute approximate surface area is 208 Å². The maximum atomic E-state index is 12.4. The van der Waals surface area contributed by atoms with Gasteiger partial charge in [-0.25, -0.2) is 4.98 Å². The van der Waals surface area contributed by atoms with E-state index in [1.165, 1.54) is 5.56 Å². The maximum absolute atomic E-state index is 12.4. The van der Waals surface area contributed by atoms with E-state index in [1.807, 2.05) is 43.3 Å². The Kier molecular flexibility index (Phi) is 8.19. The molecule has 0 aliphatic rings. The molecule has 0 unspecified atom stereocenters. The van der Waals surface area contributed by atoms with Crippen LogP contribution < -0.4 is 10.1 Å². The summed E-state index contributed by atoms with van der Waals surface area (Å²) in [6.45, 7) is 8.51. The molecule has 0 saturated heterocycles. The second-order valence-corrected chi connectivity index (χ2v) is 9.29. The molecule has 4 rings (SSSR count). The molecule has 35 heavy (non-hydrogen) atoms. The average molecular weight is 470 g/mol. The van der Waals surface area contributed by atoms with Gasteiger partial charge in [0.05, 0.1) is 17.6 Å². The number of imidazole rings is 1. The Balaban J connectivity index is 1.34. The molecule has 1 amide bonds. The van der Waals surface area contributed by atoms with E-state index < -0.39 is 0 Å². The lowest BCUT2D eigenvalue weighted by Gasteiger charge is -2.14. The monoisotopic (exact) mass is 469 g/mol. The Morgan fingerprint density at radius 3 is 2.51 bits per heavy atom. The number of fused-ring (bicyclic) bond motifs is 1. The van der Waals surface area contributed by atoms with E-state index in [1.54, 1.807) is 0 Å². The average Bonchev–Trinajstić information content (AvgIpc) is 3.22. The zero-order valence-corrected chi connectivity index (χ0v) is 21.0. The number of aromatic nitrogens is 2. The zero-order valence-electron chi connectivity index (χ0n) is 21.0. The molecule has 182 valence electrons. The predicted molar refractivity (Wildman–Crippen MR) is 142 cm³/mol. The smallest absolute Gasteiger partial charge is 0.251 e. The van der Waals surface area contributed by atoms with Gasteiger partial charge >= 0.3 is 0 Å². The molecule has 3 aromatic carbocycles. The Morgan fingerprint density at radius 2 is 1.71 bits per heavy atom. The number of hydrogen-bond donors (Lipinski definition) is 1. The lowest BCUT2D eigenvalue weighted by molar-refractivity contribution is 0.0953. The summed E-state index contributed by atoms with van der Waals surface area (Å²) in [5, 5.41) is 3.03. The first-order valence-electron chi connectivity index (χ1n) is 12.5. The molecule has 0 fully saturated rings. The Hall–Kier alpha value is -3.60. The normalized spacial score (nSPS) is 11.2. The van der Waals surface area contributed by atoms with Gasteiger partial charge in [-0.3, -0.25) is 4.79 Å². The molecule has 0 radical (unpaired) electrons. The van der Waals surface area contributed by atoms with Crippen LogP contribution in [0.15, 0.2) is 72.8 Å². The molecule has 0 spiro atoms. The van der Waals surface area contributed by atoms with E-state index in [9.17, 15) is 4.79 Å². The molecule has 1 N–H and O–H groups in total. The molecule has 0 aliphatic carbocycles. The van der Waals surface area contributed by atoms with E-state index in [0.717, 1.165) is 54.0 Å². The van der Waals surface area contributed by atoms with Crippen molar-refractivity contribution in [2.75, 3.05) is 13.2 Å². The second kappa shape index (κ2) is 11.7. The van der Waals surface area contributed by atoms with Gasteiger partial charge in [0, 0.05) is 25.1 Å². The van der Waals surface area contributed by atoms with Crippen molar-refractivity contribution in [1.29, 1.82) is 0 Å². The summed E-state index contributed by atoms with van der Waals surface area (Å²) in [4.78, 5) is 17.3. The van der Waals surface area contributed by atoms with E-state index in [4.69, 9.17) is 9.72 Å². The molecule has 4 aromatic rings. The number of carbonyl (C=O) groups is 1. The highest BCUT2D eigenvalue weighted by atomic mass is 16.5. The summed E-state index contributed by atoms with van der Waals surface area (Å²) in [6.07, 6.45) is 2.53. The fourth-order valence-electron chi connectivity index (χ4n) is 4.31. The lowest BCUT2D eigenvalue weighted by Crippen LogP contribution is -2.25. The van der Waals surface area contributed by atoms with Crippen molar-refractivity contribution in [3.8, 4) is 5.75 Å². The van der Waals surface area contributed by atoms with Crippen molar-refractivity contribution in [3.63, 3.8) is 0 Å². The number of carbonyl (C=O) groups excluding carboxylic acids is 1. The first kappa shape index (κ1) is 24.5. The van der Waals surface area contributed by atoms with E-state index in [2.05, 4.69) is 60.1 Å². The van der Waals surface area contributed by atoms with Crippen LogP contribution in [0.1, 0.15) is 59.9 Å². The molecule has 1 aromatic heterocycles. The van der Waals surface area contributed by atoms with Crippen molar-refractivity contribution >= 4 is 16.9 Å². The van der Waals surface area contributed by atoms with Crippen LogP contribution in [0, 0.1) is 6.92 Å². The third-order valence-electron chi connectivity index (χ3n) is 6.23. The van der Waals surface area contributed by atoms with Gasteiger partial charge in [-0.05, 0) is 61.6 Å². The molecule has 0 bridgehead atoms. The number of nitrogens with one attached hydrogen (secondary N) is 1. The summed E-state index contributed by atoms with van der Waals surface area (Å²) in [7, 11) is 0. The van der Waals surface area contributed by atoms with Crippen molar-refractivity contribution in [2.24, 2.45) is 0 Å². The van der Waals surface area contributed by atoms with Crippen LogP contribution in [0.5, 0.6) is 5.75 Å². The standard InChI is InChI=1S/C30H35N3O2/c1-22(2)25-10-4-7-13-28(25)35-21-9-20-33-27-12-6-5-11-26(27)32-29(33)14-8-19-31-30(34)24-17-15-23(3)16-18-24/h4-7,10-13,15-18,22H,8-9,14,19-21H2,1-3H3,(H,31,34). The van der Waals surface area contributed by atoms with Gasteiger partial charge in [-0.2, -0.15) is 0 Å². The van der Waals surface area contributed by atoms with Crippen LogP contribution in [-0.2, 0) is 13.0 Å². The van der Waals surface area contributed by atoms with Crippen LogP contribution in [0.25, 0.3) is 11.0 Å². The predicted octanol–water partition coefficient (Wildman–Crippen LogP) is 6.30. The fraction of sp³-hybridized carbons (Fsp3) is 0.333. The lowest BCUT2D eigenvalue weighted by atomic mass is 10.0. The fourth-order valence-corrected chi connectivity index (χ4v) is 4.31. The first-order valence-corrected chi connectivity index (χ1v) is 12.5. The summed E-state index contributed by atoms with van der Waals surface area (Å²) < 4.78 is 8.44. The Morgan fingerprint density at radius 1 is 0.971 bits per heavy atom. The SMILES string of the molecule is Cc1ccc(C(=O)NCCCc2nc3ccccc3n2CCCOc2ccccc2C(C)C)cc1. The maximum Gasteiger partial charge on any atom is 0.251 e. The molecule has 0 aliphatic heterocycles. The quantitative estimate of drug-likeness (QED) is 0.262. The number of aryl methyl sites for hydroxylation is 3. The minimum absolute atomic E-state index is 0.0302. The van der Waals surface area contributed by atoms with Gasteiger partial charge < -0.3 is 14.6 Å². The Bertz CT molecular complexity index is 1260. The van der Waals surface area contributed by atoms with E-state index >= 15 is 0 Å². The van der Waals surface area contributed by atoms with Gasteiger partial charge in [0.2, 0.25) is 0 Å². The van der Waals surface area contributed by atoms with Crippen molar-refractivity contribution in [1.82, 2.24) is 14.9 Å². The summed E-state index contributed by atoms with van der Waals surface area (Å²) >= 11 is 0. The van der Waals surface area contributed by atoms with Crippen LogP contribution in [-0.4, -0.2) is 28.6 Å². The van der Waals surface area contributed by atoms with Gasteiger partial charge in [0.1, 0.15) is 11.6 Å². The molecule has 0 atom stereocenters. The van der Waals surface area contributed by atoms with Gasteiger partial charge in [0.15, 0.2) is 0 Å². The van der Waals surface area contributed by atoms with Crippen LogP contribution in [0.4, 0.5) is 0 Å². The van der Waals surface area contributed by atoms with Crippen molar-refractivity contribution in [2.45, 2.75) is 52.5 Å². The van der Waals surface area contributed by atoms with E-state index in [0.29, 0.717) is 24.6 Å². The first-order chi connectivity index (χ1) is 17.0. The van der Waals surface area contributed by atoms with Crippen molar-refractivity contribution < 1.29 is 9.53 Å². The van der Waals surface area contributed by atoms with Crippen LogP contribution in [0.2, 0.25) is 0 Å². The highest BCUT2D eigenvalue weighted by Crippen LogP contribution is 2.26. The third kappa shape index (κ3) is 6.30. The minimum atomic E-state index is -0.0302. The van der Waals surface area contributed by atoms with Crippen LogP contribution in [0.3, 0.4) is 0 Å². The van der Waals surface area contributed by atoms with E-state index in [-0.39, 0.29) is 5.91 Å². The summed E-state index contributed by atoms with van der Waals surface area (Å²) in [6, 6.07) is 24.2. The number of ether oxygens (including phenoxy) is 1. The van der Waals surface area contributed by atoms with Gasteiger partial charge in [-0.15, -0.1) is 0 Å². The number of para-hydroxylation sites is 3. The third-order valence-corrected chi connectivity index (χ3v) is 6.23. The summed E-state index contributed by atoms with van der Waals surface area (Å²) in [5.41, 5.74) is 5.25. The molecular formula is C30H35N3O2. The molecular weight excluding hydrogens is 434 g/mol. The molecule has 0 saturated carbocycles. The zero-order chi connectivity index (χ0) is 24.6. The second-order valence-electron chi connectivity index (χ2n) is 9.29. The summed E-state index contributed by atoms with van der Waals surface area (Å²) in [5.74, 6) is 2.43. The number of rotatable bonds is 11. The molecule has 1 heterocycles. The highest BCUT2D eigenvalue weighted by Gasteiger charge is 2.12. The van der Waals surface area contributed by atoms with Gasteiger partial charge in [-0.1, -0.05) is 61.9 Å². The number of benzene rings is 3. The minimum Gasteiger partial charge on any atom is -0.493 e. The number of hydrogen-bond acceptors (Lipinski definition) is 3. The molecule has 5 nitrogen and oxygen atoms in total.